The van der Waals surface area contributed by atoms with Gasteiger partial charge in [0.25, 0.3) is 0 Å². The van der Waals surface area contributed by atoms with Gasteiger partial charge in [0, 0.05) is 28.6 Å². The number of rotatable bonds is 9. The number of aromatic nitrogens is 3. The minimum Gasteiger partial charge on any atom is -0.497 e. The first-order valence-electron chi connectivity index (χ1n) is 15.0. The summed E-state index contributed by atoms with van der Waals surface area (Å²) in [6.07, 6.45) is -1.02. The Morgan fingerprint density at radius 2 is 1.57 bits per heavy atom. The Balaban J connectivity index is 1.47. The number of fused-ring (bicyclic) bond motifs is 1. The first-order valence-corrected chi connectivity index (χ1v) is 16.5. The summed E-state index contributed by atoms with van der Waals surface area (Å²) in [5.74, 6) is 1.67. The molecule has 1 saturated heterocycles. The van der Waals surface area contributed by atoms with Gasteiger partial charge in [-0.2, -0.15) is 14.4 Å². The first kappa shape index (κ1) is 33.1. The molecular weight excluding hydrogens is 739 g/mol. The number of hydrogen-bond acceptors (Lipinski definition) is 8. The van der Waals surface area contributed by atoms with Gasteiger partial charge in [-0.25, -0.2) is 9.37 Å². The third-order valence-corrected chi connectivity index (χ3v) is 9.89. The van der Waals surface area contributed by atoms with Crippen LogP contribution in [0, 0.1) is 22.4 Å². The second-order valence-corrected chi connectivity index (χ2v) is 12.9. The molecule has 0 spiro atoms. The van der Waals surface area contributed by atoms with Crippen LogP contribution in [0.2, 0.25) is 5.02 Å². The molecule has 2 aromatic heterocycles. The van der Waals surface area contributed by atoms with Crippen molar-refractivity contribution in [3.05, 3.63) is 97.8 Å². The molecule has 6 rings (SSSR count). The molecule has 0 saturated carbocycles. The molecular formula is C35H33ClF2IN5O3. The van der Waals surface area contributed by atoms with Gasteiger partial charge in [-0.15, -0.1) is 0 Å². The number of methoxy groups -OCH3 is 2. The lowest BCUT2D eigenvalue weighted by molar-refractivity contribution is 0.0986. The van der Waals surface area contributed by atoms with Crippen LogP contribution in [0.1, 0.15) is 23.6 Å². The molecule has 244 valence electrons. The summed E-state index contributed by atoms with van der Waals surface area (Å²) in [4.78, 5) is 17.0. The molecule has 1 aliphatic rings. The van der Waals surface area contributed by atoms with E-state index in [0.717, 1.165) is 31.8 Å². The van der Waals surface area contributed by atoms with Gasteiger partial charge in [0.2, 0.25) is 0 Å². The molecule has 0 amide bonds. The zero-order valence-electron chi connectivity index (χ0n) is 26.4. The van der Waals surface area contributed by atoms with Crippen LogP contribution in [-0.4, -0.2) is 55.0 Å². The third kappa shape index (κ3) is 6.93. The number of benzene rings is 3. The number of morpholine rings is 1. The Morgan fingerprint density at radius 3 is 2.15 bits per heavy atom. The monoisotopic (exact) mass is 771 g/mol. The van der Waals surface area contributed by atoms with Crippen molar-refractivity contribution in [2.45, 2.75) is 33.0 Å². The van der Waals surface area contributed by atoms with E-state index in [1.165, 1.54) is 0 Å². The van der Waals surface area contributed by atoms with Gasteiger partial charge in [0.15, 0.2) is 5.82 Å². The van der Waals surface area contributed by atoms with E-state index in [1.54, 1.807) is 20.3 Å². The number of pyridine rings is 1. The molecule has 0 aliphatic carbocycles. The molecule has 1 fully saturated rings. The molecule has 0 radical (unpaired) electrons. The maximum atomic E-state index is 16.7. The van der Waals surface area contributed by atoms with E-state index in [0.29, 0.717) is 49.7 Å². The minimum absolute atomic E-state index is 0.0569. The van der Waals surface area contributed by atoms with E-state index in [4.69, 9.17) is 30.8 Å². The Hall–Kier alpha value is -3.81. The van der Waals surface area contributed by atoms with Crippen molar-refractivity contribution in [2.75, 3.05) is 43.8 Å². The Labute approximate surface area is 290 Å². The largest absolute Gasteiger partial charge is 0.497 e. The van der Waals surface area contributed by atoms with E-state index in [9.17, 15) is 4.39 Å². The third-order valence-electron chi connectivity index (χ3n) is 8.23. The Morgan fingerprint density at radius 1 is 0.957 bits per heavy atom. The number of hydrogen-bond donors (Lipinski definition) is 0. The van der Waals surface area contributed by atoms with E-state index < -0.39 is 11.9 Å². The zero-order valence-corrected chi connectivity index (χ0v) is 29.3. The van der Waals surface area contributed by atoms with Crippen LogP contribution in [0.25, 0.3) is 22.2 Å². The fourth-order valence-electron chi connectivity index (χ4n) is 5.72. The Kier molecular flexibility index (Phi) is 9.95. The van der Waals surface area contributed by atoms with E-state index in [2.05, 4.69) is 37.5 Å². The summed E-state index contributed by atoms with van der Waals surface area (Å²) >= 11 is 9.05. The number of aryl methyl sites for hydroxylation is 1. The van der Waals surface area contributed by atoms with Crippen molar-refractivity contribution in [1.82, 2.24) is 15.0 Å². The molecule has 1 aliphatic heterocycles. The second-order valence-electron chi connectivity index (χ2n) is 11.4. The summed E-state index contributed by atoms with van der Waals surface area (Å²) in [6.45, 7) is 6.28. The van der Waals surface area contributed by atoms with Crippen LogP contribution >= 0.6 is 34.2 Å². The van der Waals surface area contributed by atoms with Crippen molar-refractivity contribution in [2.24, 2.45) is 0 Å². The molecule has 0 N–H and O–H groups in total. The normalized spacial score (nSPS) is 14.8. The fraction of sp³-hybridized carbons (Fsp3) is 0.286. The van der Waals surface area contributed by atoms with Gasteiger partial charge in [0.1, 0.15) is 28.7 Å². The summed E-state index contributed by atoms with van der Waals surface area (Å²) in [5.41, 5.74) is 3.20. The van der Waals surface area contributed by atoms with Crippen molar-refractivity contribution in [1.29, 1.82) is 0 Å². The van der Waals surface area contributed by atoms with Crippen LogP contribution in [0.15, 0.2) is 60.7 Å². The second kappa shape index (κ2) is 14.1. The maximum Gasteiger partial charge on any atom is 0.311 e. The standard InChI is InChI=1S/C35H33ClF2IN5O3/c1-20-15-28(43(17-22-5-9-24(45-3)10-6-22)18-23-7-11-25(46-4)12-8-23)40-33(31(20)39)29-27(36)16-26-32(30(29)37)41-35(38)42-34(26)44-13-14-47-19-21(44)2/h5-12,15-16,21H,13-14,17-19H2,1-4H3/t21-/m0/s1. The highest BCUT2D eigenvalue weighted by Gasteiger charge is 2.28. The molecule has 12 heteroatoms. The molecule has 5 aromatic rings. The van der Waals surface area contributed by atoms with Crippen molar-refractivity contribution in [3.8, 4) is 22.8 Å². The van der Waals surface area contributed by atoms with Crippen LogP contribution in [0.3, 0.4) is 0 Å². The number of ether oxygens (including phenoxy) is 3. The zero-order chi connectivity index (χ0) is 33.2. The molecule has 47 heavy (non-hydrogen) atoms. The SMILES string of the molecule is COc1ccc(CN(Cc2ccc(OC)cc2)c2cc(C)c(I)c(-c3c(Cl)cc4c(N5CCOC[C@@H]5C)nc(F)nc4c3F)n2)cc1. The molecule has 0 unspecified atom stereocenters. The highest BCUT2D eigenvalue weighted by atomic mass is 127. The first-order chi connectivity index (χ1) is 22.7. The van der Waals surface area contributed by atoms with E-state index >= 15 is 4.39 Å². The molecule has 0 bridgehead atoms. The Bertz CT molecular complexity index is 1860. The lowest BCUT2D eigenvalue weighted by Crippen LogP contribution is -2.44. The molecule has 1 atom stereocenters. The van der Waals surface area contributed by atoms with Gasteiger partial charge in [-0.3, -0.25) is 0 Å². The van der Waals surface area contributed by atoms with Crippen LogP contribution in [0.5, 0.6) is 11.5 Å². The predicted octanol–water partition coefficient (Wildman–Crippen LogP) is 7.99. The summed E-state index contributed by atoms with van der Waals surface area (Å²) in [5, 5.41) is 0.459. The van der Waals surface area contributed by atoms with Crippen LogP contribution in [0.4, 0.5) is 20.4 Å². The van der Waals surface area contributed by atoms with Crippen LogP contribution in [-0.2, 0) is 17.8 Å². The predicted molar refractivity (Wildman–Crippen MR) is 189 cm³/mol. The van der Waals surface area contributed by atoms with E-state index in [1.807, 2.05) is 73.3 Å². The summed E-state index contributed by atoms with van der Waals surface area (Å²) < 4.78 is 48.5. The van der Waals surface area contributed by atoms with Crippen molar-refractivity contribution >= 4 is 56.7 Å². The number of anilines is 2. The highest BCUT2D eigenvalue weighted by molar-refractivity contribution is 14.1. The topological polar surface area (TPSA) is 72.8 Å². The summed E-state index contributed by atoms with van der Waals surface area (Å²) in [6, 6.07) is 19.2. The van der Waals surface area contributed by atoms with Gasteiger partial charge in [-0.05, 0) is 89.5 Å². The van der Waals surface area contributed by atoms with Crippen molar-refractivity contribution in [3.63, 3.8) is 0 Å². The lowest BCUT2D eigenvalue weighted by Gasteiger charge is -2.34. The average molecular weight is 772 g/mol. The maximum absolute atomic E-state index is 16.7. The average Bonchev–Trinajstić information content (AvgIpc) is 3.07. The molecule has 3 aromatic carbocycles. The highest BCUT2D eigenvalue weighted by Crippen LogP contribution is 2.41. The van der Waals surface area contributed by atoms with Crippen molar-refractivity contribution < 1.29 is 23.0 Å². The number of halogens is 4. The van der Waals surface area contributed by atoms with Crippen LogP contribution < -0.4 is 19.3 Å². The van der Waals surface area contributed by atoms with Gasteiger partial charge < -0.3 is 24.0 Å². The molecule has 8 nitrogen and oxygen atoms in total. The minimum atomic E-state index is -1.02. The van der Waals surface area contributed by atoms with Gasteiger partial charge in [-0.1, -0.05) is 35.9 Å². The smallest absolute Gasteiger partial charge is 0.311 e. The van der Waals surface area contributed by atoms with E-state index in [-0.39, 0.29) is 28.0 Å². The molecule has 3 heterocycles. The quantitative estimate of drug-likeness (QED) is 0.110. The lowest BCUT2D eigenvalue weighted by atomic mass is 10.0. The van der Waals surface area contributed by atoms with Gasteiger partial charge in [0.05, 0.1) is 49.8 Å². The fourth-order valence-corrected chi connectivity index (χ4v) is 6.55. The summed E-state index contributed by atoms with van der Waals surface area (Å²) in [7, 11) is 3.26. The number of nitrogens with zero attached hydrogens (tertiary/aromatic N) is 5. The van der Waals surface area contributed by atoms with Gasteiger partial charge >= 0.3 is 6.08 Å².